The highest BCUT2D eigenvalue weighted by molar-refractivity contribution is 5.31. The Hall–Kier alpha value is -1.65. The molecule has 3 rings (SSSR count). The van der Waals surface area contributed by atoms with Gasteiger partial charge in [-0.25, -0.2) is 4.68 Å². The molecule has 2 unspecified atom stereocenters. The molecule has 4 heteroatoms. The van der Waals surface area contributed by atoms with Crippen molar-refractivity contribution in [2.45, 2.75) is 12.5 Å². The monoisotopic (exact) mass is 257 g/mol. The van der Waals surface area contributed by atoms with Gasteiger partial charge in [-0.2, -0.15) is 5.10 Å². The first-order chi connectivity index (χ1) is 9.38. The third-order valence-electron chi connectivity index (χ3n) is 3.73. The van der Waals surface area contributed by atoms with Crippen LogP contribution in [0.15, 0.2) is 42.7 Å². The Balaban J connectivity index is 1.83. The Bertz CT molecular complexity index is 517. The number of hydrogen-bond donors (Lipinski definition) is 1. The van der Waals surface area contributed by atoms with E-state index < -0.39 is 0 Å². The largest absolute Gasteiger partial charge is 0.381 e. The minimum absolute atomic E-state index is 0.319. The van der Waals surface area contributed by atoms with Crippen molar-refractivity contribution in [3.05, 3.63) is 48.3 Å². The molecule has 19 heavy (non-hydrogen) atoms. The third kappa shape index (κ3) is 2.55. The molecular formula is C15H19N3O. The predicted octanol–water partition coefficient (Wildman–Crippen LogP) is 2.17. The fourth-order valence-electron chi connectivity index (χ4n) is 2.71. The van der Waals surface area contributed by atoms with E-state index in [-0.39, 0.29) is 0 Å². The standard InChI is InChI=1S/C15H19N3O/c1-16-15(12-7-8-19-11-12)13-9-17-18(10-13)14-5-3-2-4-6-14/h2-6,9-10,12,15-16H,7-8,11H2,1H3. The van der Waals surface area contributed by atoms with Crippen molar-refractivity contribution in [2.75, 3.05) is 20.3 Å². The maximum absolute atomic E-state index is 5.49. The van der Waals surface area contributed by atoms with Gasteiger partial charge in [0.1, 0.15) is 0 Å². The Labute approximate surface area is 113 Å². The molecule has 2 aromatic rings. The van der Waals surface area contributed by atoms with E-state index in [1.165, 1.54) is 5.56 Å². The maximum atomic E-state index is 5.49. The highest BCUT2D eigenvalue weighted by Crippen LogP contribution is 2.28. The van der Waals surface area contributed by atoms with Crippen LogP contribution in [0.4, 0.5) is 0 Å². The zero-order valence-electron chi connectivity index (χ0n) is 11.1. The molecule has 0 amide bonds. The average molecular weight is 257 g/mol. The summed E-state index contributed by atoms with van der Waals surface area (Å²) >= 11 is 0. The zero-order chi connectivity index (χ0) is 13.1. The Morgan fingerprint density at radius 2 is 2.21 bits per heavy atom. The molecule has 0 radical (unpaired) electrons. The molecule has 0 bridgehead atoms. The molecule has 1 aliphatic rings. The highest BCUT2D eigenvalue weighted by Gasteiger charge is 2.26. The van der Waals surface area contributed by atoms with E-state index in [0.717, 1.165) is 25.3 Å². The van der Waals surface area contributed by atoms with Crippen molar-refractivity contribution in [2.24, 2.45) is 5.92 Å². The molecule has 1 N–H and O–H groups in total. The lowest BCUT2D eigenvalue weighted by atomic mass is 9.95. The number of hydrogen-bond acceptors (Lipinski definition) is 3. The molecule has 1 fully saturated rings. The number of aromatic nitrogens is 2. The molecule has 1 aromatic carbocycles. The fourth-order valence-corrected chi connectivity index (χ4v) is 2.71. The maximum Gasteiger partial charge on any atom is 0.0645 e. The van der Waals surface area contributed by atoms with Crippen molar-refractivity contribution in [1.29, 1.82) is 0 Å². The van der Waals surface area contributed by atoms with Gasteiger partial charge in [-0.3, -0.25) is 0 Å². The minimum atomic E-state index is 0.319. The second kappa shape index (κ2) is 5.55. The summed E-state index contributed by atoms with van der Waals surface area (Å²) in [5.41, 5.74) is 2.31. The second-order valence-corrected chi connectivity index (χ2v) is 4.94. The number of nitrogens with zero attached hydrogens (tertiary/aromatic N) is 2. The molecule has 0 aliphatic carbocycles. The van der Waals surface area contributed by atoms with Crippen molar-refractivity contribution in [1.82, 2.24) is 15.1 Å². The first kappa shape index (κ1) is 12.4. The van der Waals surface area contributed by atoms with E-state index in [9.17, 15) is 0 Å². The lowest BCUT2D eigenvalue weighted by Crippen LogP contribution is -2.25. The van der Waals surface area contributed by atoms with Crippen LogP contribution in [-0.4, -0.2) is 30.0 Å². The summed E-state index contributed by atoms with van der Waals surface area (Å²) in [7, 11) is 2.00. The van der Waals surface area contributed by atoms with E-state index in [1.807, 2.05) is 36.1 Å². The van der Waals surface area contributed by atoms with E-state index >= 15 is 0 Å². The molecule has 1 aliphatic heterocycles. The van der Waals surface area contributed by atoms with Crippen LogP contribution in [0.5, 0.6) is 0 Å². The SMILES string of the molecule is CNC(c1cnn(-c2ccccc2)c1)C1CCOC1. The van der Waals surface area contributed by atoms with Crippen LogP contribution < -0.4 is 5.32 Å². The van der Waals surface area contributed by atoms with E-state index in [4.69, 9.17) is 4.74 Å². The van der Waals surface area contributed by atoms with Crippen molar-refractivity contribution < 1.29 is 4.74 Å². The molecule has 0 saturated carbocycles. The lowest BCUT2D eigenvalue weighted by molar-refractivity contribution is 0.178. The van der Waals surface area contributed by atoms with Crippen molar-refractivity contribution in [3.63, 3.8) is 0 Å². The van der Waals surface area contributed by atoms with Crippen molar-refractivity contribution in [3.8, 4) is 5.69 Å². The van der Waals surface area contributed by atoms with Crippen LogP contribution in [-0.2, 0) is 4.74 Å². The van der Waals surface area contributed by atoms with Crippen LogP contribution in [0.1, 0.15) is 18.0 Å². The second-order valence-electron chi connectivity index (χ2n) is 4.94. The third-order valence-corrected chi connectivity index (χ3v) is 3.73. The summed E-state index contributed by atoms with van der Waals surface area (Å²) in [5, 5.41) is 7.85. The minimum Gasteiger partial charge on any atom is -0.381 e. The highest BCUT2D eigenvalue weighted by atomic mass is 16.5. The summed E-state index contributed by atoms with van der Waals surface area (Å²) < 4.78 is 7.41. The summed E-state index contributed by atoms with van der Waals surface area (Å²) in [6.07, 6.45) is 5.17. The molecule has 100 valence electrons. The van der Waals surface area contributed by atoms with Gasteiger partial charge >= 0.3 is 0 Å². The van der Waals surface area contributed by atoms with Crippen LogP contribution >= 0.6 is 0 Å². The van der Waals surface area contributed by atoms with Gasteiger partial charge in [0.25, 0.3) is 0 Å². The molecule has 4 nitrogen and oxygen atoms in total. The molecule has 2 heterocycles. The smallest absolute Gasteiger partial charge is 0.0645 e. The summed E-state index contributed by atoms with van der Waals surface area (Å²) in [6, 6.07) is 10.5. The van der Waals surface area contributed by atoms with E-state index in [2.05, 4.69) is 28.7 Å². The molecule has 0 spiro atoms. The summed E-state index contributed by atoms with van der Waals surface area (Å²) in [5.74, 6) is 0.540. The van der Waals surface area contributed by atoms with Gasteiger partial charge < -0.3 is 10.1 Å². The van der Waals surface area contributed by atoms with Crippen molar-refractivity contribution >= 4 is 0 Å². The molecule has 2 atom stereocenters. The van der Waals surface area contributed by atoms with Gasteiger partial charge in [-0.15, -0.1) is 0 Å². The Morgan fingerprint density at radius 1 is 1.37 bits per heavy atom. The molecular weight excluding hydrogens is 238 g/mol. The lowest BCUT2D eigenvalue weighted by Gasteiger charge is -2.20. The predicted molar refractivity (Wildman–Crippen MR) is 74.3 cm³/mol. The summed E-state index contributed by atoms with van der Waals surface area (Å²) in [4.78, 5) is 0. The van der Waals surface area contributed by atoms with Gasteiger partial charge in [0.2, 0.25) is 0 Å². The number of para-hydroxylation sites is 1. The quantitative estimate of drug-likeness (QED) is 0.912. The number of benzene rings is 1. The first-order valence-electron chi connectivity index (χ1n) is 6.73. The van der Waals surface area contributed by atoms with E-state index in [0.29, 0.717) is 12.0 Å². The normalized spacial score (nSPS) is 20.6. The average Bonchev–Trinajstić information content (AvgIpc) is 3.12. The zero-order valence-corrected chi connectivity index (χ0v) is 11.1. The topological polar surface area (TPSA) is 39.1 Å². The first-order valence-corrected chi connectivity index (χ1v) is 6.73. The van der Waals surface area contributed by atoms with Gasteiger partial charge in [-0.05, 0) is 25.6 Å². The number of rotatable bonds is 4. The molecule has 1 saturated heterocycles. The van der Waals surface area contributed by atoms with Crippen LogP contribution in [0.3, 0.4) is 0 Å². The van der Waals surface area contributed by atoms with Gasteiger partial charge in [0.15, 0.2) is 0 Å². The number of ether oxygens (including phenoxy) is 1. The number of nitrogens with one attached hydrogen (secondary N) is 1. The van der Waals surface area contributed by atoms with Crippen LogP contribution in [0.25, 0.3) is 5.69 Å². The Morgan fingerprint density at radius 3 is 2.89 bits per heavy atom. The fraction of sp³-hybridized carbons (Fsp3) is 0.400. The van der Waals surface area contributed by atoms with Crippen LogP contribution in [0, 0.1) is 5.92 Å². The van der Waals surface area contributed by atoms with Gasteiger partial charge in [0, 0.05) is 30.3 Å². The van der Waals surface area contributed by atoms with Gasteiger partial charge in [-0.1, -0.05) is 18.2 Å². The molecule has 1 aromatic heterocycles. The Kier molecular flexibility index (Phi) is 3.62. The van der Waals surface area contributed by atoms with Crippen LogP contribution in [0.2, 0.25) is 0 Å². The van der Waals surface area contributed by atoms with Gasteiger partial charge in [0.05, 0.1) is 18.5 Å². The van der Waals surface area contributed by atoms with E-state index in [1.54, 1.807) is 0 Å². The summed E-state index contributed by atoms with van der Waals surface area (Å²) in [6.45, 7) is 1.71.